The van der Waals surface area contributed by atoms with E-state index in [1.807, 2.05) is 52.0 Å². The zero-order chi connectivity index (χ0) is 27.1. The summed E-state index contributed by atoms with van der Waals surface area (Å²) in [5.74, 6) is 0.0152. The number of carbonyl (C=O) groups is 1. The zero-order valence-corrected chi connectivity index (χ0v) is 23.1. The molecule has 38 heavy (non-hydrogen) atoms. The number of ether oxygens (including phenoxy) is 1. The van der Waals surface area contributed by atoms with Gasteiger partial charge in [0.2, 0.25) is 0 Å². The van der Waals surface area contributed by atoms with Gasteiger partial charge in [-0.3, -0.25) is 0 Å². The van der Waals surface area contributed by atoms with Crippen LogP contribution in [0.1, 0.15) is 61.4 Å². The highest BCUT2D eigenvalue weighted by molar-refractivity contribution is 6.56. The van der Waals surface area contributed by atoms with Crippen LogP contribution in [0.5, 0.6) is 0 Å². The van der Waals surface area contributed by atoms with E-state index in [4.69, 9.17) is 14.0 Å². The molecule has 0 bridgehead atoms. The fraction of sp³-hybridized carbons (Fsp3) is 0.344. The number of amides is 1. The van der Waals surface area contributed by atoms with Gasteiger partial charge in [0.25, 0.3) is 0 Å². The summed E-state index contributed by atoms with van der Waals surface area (Å²) >= 11 is 0. The van der Waals surface area contributed by atoms with Crippen molar-refractivity contribution in [3.05, 3.63) is 100 Å². The Bertz CT molecular complexity index is 1330. The Labute approximate surface area is 226 Å². The lowest BCUT2D eigenvalue weighted by Crippen LogP contribution is -2.41. The maximum absolute atomic E-state index is 12.9. The number of benzene rings is 3. The second-order valence-electron chi connectivity index (χ2n) is 11.3. The highest BCUT2D eigenvalue weighted by Gasteiger charge is 2.52. The number of rotatable bonds is 6. The van der Waals surface area contributed by atoms with Crippen molar-refractivity contribution in [1.82, 2.24) is 5.32 Å². The van der Waals surface area contributed by atoms with Crippen LogP contribution in [-0.2, 0) is 14.0 Å². The van der Waals surface area contributed by atoms with Gasteiger partial charge in [-0.05, 0) is 80.4 Å². The van der Waals surface area contributed by atoms with E-state index in [0.29, 0.717) is 0 Å². The number of nitrogens with one attached hydrogen (secondary N) is 1. The summed E-state index contributed by atoms with van der Waals surface area (Å²) in [4.78, 5) is 12.9. The quantitative estimate of drug-likeness (QED) is 0.369. The van der Waals surface area contributed by atoms with E-state index in [0.717, 1.165) is 16.6 Å². The Morgan fingerprint density at radius 2 is 1.50 bits per heavy atom. The molecule has 3 aromatic carbocycles. The lowest BCUT2D eigenvalue weighted by molar-refractivity contribution is 0.00578. The van der Waals surface area contributed by atoms with Gasteiger partial charge in [-0.1, -0.05) is 78.4 Å². The molecule has 5 rings (SSSR count). The van der Waals surface area contributed by atoms with E-state index >= 15 is 0 Å². The maximum atomic E-state index is 12.9. The summed E-state index contributed by atoms with van der Waals surface area (Å²) in [5, 5.41) is 2.95. The molecule has 0 spiro atoms. The van der Waals surface area contributed by atoms with E-state index in [2.05, 4.69) is 67.7 Å². The first-order valence-corrected chi connectivity index (χ1v) is 13.3. The molecule has 1 N–H and O–H groups in total. The molecule has 1 aliphatic carbocycles. The SMILES string of the molecule is Cc1ccc(C=C(CNC(=O)OCC2c3ccccc3-c3ccccc32)B2OC(C)(C)C(C)(C)O2)c(C)c1. The fourth-order valence-electron chi connectivity index (χ4n) is 5.21. The lowest BCUT2D eigenvalue weighted by Gasteiger charge is -2.32. The van der Waals surface area contributed by atoms with Gasteiger partial charge >= 0.3 is 13.2 Å². The molecule has 0 aromatic heterocycles. The predicted octanol–water partition coefficient (Wildman–Crippen LogP) is 6.86. The van der Waals surface area contributed by atoms with E-state index in [1.165, 1.54) is 27.8 Å². The Morgan fingerprint density at radius 1 is 0.921 bits per heavy atom. The summed E-state index contributed by atoms with van der Waals surface area (Å²) in [5.41, 5.74) is 8.08. The second kappa shape index (κ2) is 10.1. The van der Waals surface area contributed by atoms with E-state index in [9.17, 15) is 4.79 Å². The monoisotopic (exact) mass is 509 g/mol. The molecule has 1 heterocycles. The van der Waals surface area contributed by atoms with Crippen molar-refractivity contribution in [2.45, 2.75) is 58.7 Å². The summed E-state index contributed by atoms with van der Waals surface area (Å²) in [6.45, 7) is 12.8. The van der Waals surface area contributed by atoms with Gasteiger partial charge < -0.3 is 19.4 Å². The van der Waals surface area contributed by atoms with E-state index < -0.39 is 24.4 Å². The normalized spacial score (nSPS) is 17.7. The minimum absolute atomic E-state index is 0.0152. The minimum Gasteiger partial charge on any atom is -0.449 e. The standard InChI is InChI=1S/C32H36BNO4/c1-21-15-16-23(22(2)17-21)18-24(33-37-31(3,4)32(5,6)38-33)19-34-30(35)36-20-29-27-13-9-7-11-25(27)26-12-8-10-14-28(26)29/h7-18,29H,19-20H2,1-6H3,(H,34,35). The Kier molecular flexibility index (Phi) is 6.97. The first kappa shape index (κ1) is 26.3. The summed E-state index contributed by atoms with van der Waals surface area (Å²) in [6, 6.07) is 23.0. The van der Waals surface area contributed by atoms with Gasteiger partial charge in [0.15, 0.2) is 0 Å². The predicted molar refractivity (Wildman–Crippen MR) is 153 cm³/mol. The third-order valence-corrected chi connectivity index (χ3v) is 8.10. The molecule has 0 unspecified atom stereocenters. The van der Waals surface area contributed by atoms with Crippen LogP contribution in [0.25, 0.3) is 17.2 Å². The van der Waals surface area contributed by atoms with Gasteiger partial charge in [-0.15, -0.1) is 0 Å². The highest BCUT2D eigenvalue weighted by atomic mass is 16.7. The Morgan fingerprint density at radius 3 is 2.08 bits per heavy atom. The Balaban J connectivity index is 1.31. The lowest BCUT2D eigenvalue weighted by atomic mass is 9.76. The molecule has 1 fully saturated rings. The van der Waals surface area contributed by atoms with Crippen LogP contribution < -0.4 is 5.32 Å². The van der Waals surface area contributed by atoms with Crippen LogP contribution >= 0.6 is 0 Å². The molecule has 1 amide bonds. The van der Waals surface area contributed by atoms with Crippen molar-refractivity contribution in [1.29, 1.82) is 0 Å². The van der Waals surface area contributed by atoms with E-state index in [-0.39, 0.29) is 19.1 Å². The van der Waals surface area contributed by atoms with Crippen molar-refractivity contribution >= 4 is 19.3 Å². The molecule has 1 aliphatic heterocycles. The minimum atomic E-state index is -0.574. The van der Waals surface area contributed by atoms with Crippen LogP contribution in [0.4, 0.5) is 4.79 Å². The molecular weight excluding hydrogens is 473 g/mol. The van der Waals surface area contributed by atoms with Gasteiger partial charge in [-0.2, -0.15) is 0 Å². The van der Waals surface area contributed by atoms with Gasteiger partial charge in [0, 0.05) is 12.5 Å². The number of alkyl carbamates (subject to hydrolysis) is 1. The van der Waals surface area contributed by atoms with Crippen LogP contribution in [0.15, 0.2) is 72.2 Å². The first-order valence-electron chi connectivity index (χ1n) is 13.3. The smallest absolute Gasteiger partial charge is 0.449 e. The summed E-state index contributed by atoms with van der Waals surface area (Å²) < 4.78 is 18.4. The number of hydrogen-bond donors (Lipinski definition) is 1. The summed E-state index contributed by atoms with van der Waals surface area (Å²) in [6.07, 6.45) is 1.59. The average Bonchev–Trinajstić information content (AvgIpc) is 3.30. The largest absolute Gasteiger partial charge is 0.492 e. The third kappa shape index (κ3) is 5.03. The van der Waals surface area contributed by atoms with Crippen LogP contribution in [-0.4, -0.2) is 37.6 Å². The molecular formula is C32H36BNO4. The molecule has 0 radical (unpaired) electrons. The highest BCUT2D eigenvalue weighted by Crippen LogP contribution is 2.44. The Hall–Kier alpha value is -3.35. The van der Waals surface area contributed by atoms with Gasteiger partial charge in [-0.25, -0.2) is 4.79 Å². The van der Waals surface area contributed by atoms with Crippen molar-refractivity contribution in [3.8, 4) is 11.1 Å². The van der Waals surface area contributed by atoms with Gasteiger partial charge in [0.05, 0.1) is 11.2 Å². The van der Waals surface area contributed by atoms with Crippen molar-refractivity contribution < 1.29 is 18.8 Å². The van der Waals surface area contributed by atoms with Crippen LogP contribution in [0, 0.1) is 13.8 Å². The average molecular weight is 509 g/mol. The molecule has 6 heteroatoms. The molecule has 5 nitrogen and oxygen atoms in total. The van der Waals surface area contributed by atoms with Crippen LogP contribution in [0.3, 0.4) is 0 Å². The number of aryl methyl sites for hydroxylation is 2. The number of fused-ring (bicyclic) bond motifs is 3. The third-order valence-electron chi connectivity index (χ3n) is 8.10. The van der Waals surface area contributed by atoms with E-state index in [1.54, 1.807) is 0 Å². The molecule has 0 atom stereocenters. The summed E-state index contributed by atoms with van der Waals surface area (Å²) in [7, 11) is -0.574. The fourth-order valence-corrected chi connectivity index (χ4v) is 5.21. The molecule has 1 saturated heterocycles. The maximum Gasteiger partial charge on any atom is 0.492 e. The van der Waals surface area contributed by atoms with Crippen LogP contribution in [0.2, 0.25) is 0 Å². The number of carbonyl (C=O) groups excluding carboxylic acids is 1. The first-order chi connectivity index (χ1) is 18.1. The molecule has 0 saturated carbocycles. The topological polar surface area (TPSA) is 56.8 Å². The van der Waals surface area contributed by atoms with Crippen molar-refractivity contribution in [2.75, 3.05) is 13.2 Å². The zero-order valence-electron chi connectivity index (χ0n) is 23.1. The number of hydrogen-bond acceptors (Lipinski definition) is 4. The molecule has 196 valence electrons. The molecule has 3 aromatic rings. The van der Waals surface area contributed by atoms with Crippen molar-refractivity contribution in [3.63, 3.8) is 0 Å². The molecule has 2 aliphatic rings. The second-order valence-corrected chi connectivity index (χ2v) is 11.3. The van der Waals surface area contributed by atoms with Gasteiger partial charge in [0.1, 0.15) is 6.61 Å². The van der Waals surface area contributed by atoms with Crippen molar-refractivity contribution in [2.24, 2.45) is 0 Å².